The van der Waals surface area contributed by atoms with E-state index in [9.17, 15) is 18.8 Å². The Balaban J connectivity index is 1.20. The number of nitrogens with one attached hydrogen (secondary N) is 2. The molecule has 4 rings (SSSR count). The summed E-state index contributed by atoms with van der Waals surface area (Å²) in [4.78, 5) is 43.2. The number of piperazine rings is 1. The van der Waals surface area contributed by atoms with Crippen LogP contribution in [-0.2, 0) is 14.3 Å². The van der Waals surface area contributed by atoms with Crippen molar-refractivity contribution < 1.29 is 23.5 Å². The first-order chi connectivity index (χ1) is 17.3. The Morgan fingerprint density at radius 1 is 1.17 bits per heavy atom. The first-order valence-electron chi connectivity index (χ1n) is 13.0. The number of anilines is 1. The van der Waals surface area contributed by atoms with E-state index in [-0.39, 0.29) is 36.8 Å². The van der Waals surface area contributed by atoms with Crippen LogP contribution >= 0.6 is 0 Å². The largest absolute Gasteiger partial charge is 0.450 e. The van der Waals surface area contributed by atoms with Gasteiger partial charge in [-0.2, -0.15) is 0 Å². The van der Waals surface area contributed by atoms with Gasteiger partial charge in [0, 0.05) is 57.0 Å². The van der Waals surface area contributed by atoms with Gasteiger partial charge in [0.15, 0.2) is 0 Å². The van der Waals surface area contributed by atoms with Crippen LogP contribution in [0, 0.1) is 11.2 Å². The average molecular weight is 504 g/mol. The van der Waals surface area contributed by atoms with Gasteiger partial charge in [-0.3, -0.25) is 14.5 Å². The molecule has 10 heteroatoms. The van der Waals surface area contributed by atoms with Gasteiger partial charge in [0.25, 0.3) is 0 Å². The van der Waals surface area contributed by atoms with Crippen molar-refractivity contribution in [2.45, 2.75) is 51.6 Å². The molecule has 0 aromatic heterocycles. The molecule has 3 aliphatic heterocycles. The third-order valence-corrected chi connectivity index (χ3v) is 7.85. The molecular formula is C26H38FN5O4. The number of hydrogen-bond acceptors (Lipinski definition) is 6. The molecule has 198 valence electrons. The highest BCUT2D eigenvalue weighted by Crippen LogP contribution is 2.41. The van der Waals surface area contributed by atoms with Gasteiger partial charge in [-0.25, -0.2) is 9.18 Å². The van der Waals surface area contributed by atoms with Gasteiger partial charge in [0.1, 0.15) is 12.4 Å². The second kappa shape index (κ2) is 11.5. The zero-order valence-electron chi connectivity index (χ0n) is 21.3. The van der Waals surface area contributed by atoms with Crippen LogP contribution in [0.4, 0.5) is 14.9 Å². The number of likely N-dealkylation sites (tertiary alicyclic amines) is 1. The summed E-state index contributed by atoms with van der Waals surface area (Å²) >= 11 is 0. The number of nitrogens with zero attached hydrogens (tertiary/aromatic N) is 3. The van der Waals surface area contributed by atoms with Crippen molar-refractivity contribution >= 4 is 23.6 Å². The molecule has 1 spiro atoms. The minimum atomic E-state index is -0.594. The van der Waals surface area contributed by atoms with Crippen molar-refractivity contribution in [3.63, 3.8) is 0 Å². The Labute approximate surface area is 212 Å². The molecule has 1 aromatic carbocycles. The lowest BCUT2D eigenvalue weighted by molar-refractivity contribution is -0.137. The molecular weight excluding hydrogens is 465 g/mol. The van der Waals surface area contributed by atoms with Crippen LogP contribution in [0.15, 0.2) is 24.3 Å². The van der Waals surface area contributed by atoms with Crippen molar-refractivity contribution in [1.82, 2.24) is 20.4 Å². The number of benzene rings is 1. The number of rotatable bonds is 7. The van der Waals surface area contributed by atoms with Gasteiger partial charge in [-0.1, -0.05) is 0 Å². The predicted molar refractivity (Wildman–Crippen MR) is 134 cm³/mol. The number of alkyl carbamates (subject to hydrolysis) is 1. The fourth-order valence-electron chi connectivity index (χ4n) is 5.78. The molecule has 0 radical (unpaired) electrons. The zero-order chi connectivity index (χ0) is 25.7. The number of carbonyl (C=O) groups is 3. The highest BCUT2D eigenvalue weighted by atomic mass is 19.1. The fraction of sp³-hybridized carbons (Fsp3) is 0.654. The standard InChI is InChI=1S/C26H38FN5O4/c1-3-36-25(35)28-17-23(33)31-12-9-26(10-13-31)16-21(29-24(26)34)8-11-30-14-15-32(19(2)18-30)22-6-4-20(27)5-7-22/h4-7,19,21H,3,8-18H2,1-2H3,(H,28,35)(H,29,34)/t19-,21+/m1/s1. The summed E-state index contributed by atoms with van der Waals surface area (Å²) in [6.45, 7) is 8.79. The summed E-state index contributed by atoms with van der Waals surface area (Å²) in [6.07, 6.45) is 2.41. The molecule has 9 nitrogen and oxygen atoms in total. The topological polar surface area (TPSA) is 94.2 Å². The van der Waals surface area contributed by atoms with Crippen LogP contribution in [0.1, 0.15) is 39.5 Å². The summed E-state index contributed by atoms with van der Waals surface area (Å²) in [7, 11) is 0. The van der Waals surface area contributed by atoms with Crippen molar-refractivity contribution in [2.75, 3.05) is 57.3 Å². The Morgan fingerprint density at radius 2 is 1.89 bits per heavy atom. The van der Waals surface area contributed by atoms with Gasteiger partial charge in [-0.05, 0) is 63.8 Å². The van der Waals surface area contributed by atoms with Crippen molar-refractivity contribution in [1.29, 1.82) is 0 Å². The monoisotopic (exact) mass is 503 g/mol. The quantitative estimate of drug-likeness (QED) is 0.591. The van der Waals surface area contributed by atoms with Crippen molar-refractivity contribution in [2.24, 2.45) is 5.41 Å². The van der Waals surface area contributed by atoms with E-state index in [4.69, 9.17) is 4.74 Å². The molecule has 0 unspecified atom stereocenters. The number of carbonyl (C=O) groups excluding carboxylic acids is 3. The van der Waals surface area contributed by atoms with E-state index in [2.05, 4.69) is 27.4 Å². The maximum Gasteiger partial charge on any atom is 0.407 e. The highest BCUT2D eigenvalue weighted by Gasteiger charge is 2.48. The number of halogens is 1. The molecule has 2 atom stereocenters. The first-order valence-corrected chi connectivity index (χ1v) is 13.0. The Bertz CT molecular complexity index is 935. The lowest BCUT2D eigenvalue weighted by atomic mass is 9.75. The third kappa shape index (κ3) is 6.08. The summed E-state index contributed by atoms with van der Waals surface area (Å²) in [5.41, 5.74) is 0.653. The van der Waals surface area contributed by atoms with E-state index in [1.807, 2.05) is 12.1 Å². The van der Waals surface area contributed by atoms with E-state index in [1.54, 1.807) is 11.8 Å². The molecule has 1 aromatic rings. The van der Waals surface area contributed by atoms with E-state index in [0.717, 1.165) is 44.7 Å². The van der Waals surface area contributed by atoms with E-state index < -0.39 is 11.5 Å². The van der Waals surface area contributed by atoms with Crippen LogP contribution in [0.3, 0.4) is 0 Å². The van der Waals surface area contributed by atoms with Gasteiger partial charge in [0.05, 0.1) is 12.0 Å². The molecule has 3 amide bonds. The van der Waals surface area contributed by atoms with Gasteiger partial charge < -0.3 is 25.2 Å². The second-order valence-corrected chi connectivity index (χ2v) is 10.2. The van der Waals surface area contributed by atoms with Gasteiger partial charge in [0.2, 0.25) is 11.8 Å². The Morgan fingerprint density at radius 3 is 2.56 bits per heavy atom. The molecule has 0 saturated carbocycles. The van der Waals surface area contributed by atoms with E-state index >= 15 is 0 Å². The second-order valence-electron chi connectivity index (χ2n) is 10.2. The maximum atomic E-state index is 13.3. The molecule has 3 fully saturated rings. The molecule has 3 aliphatic rings. The Hall–Kier alpha value is -2.88. The number of hydrogen-bond donors (Lipinski definition) is 2. The van der Waals surface area contributed by atoms with E-state index in [1.165, 1.54) is 12.1 Å². The molecule has 36 heavy (non-hydrogen) atoms. The SMILES string of the molecule is CCOC(=O)NCC(=O)N1CCC2(CC1)C[C@H](CCN1CCN(c3ccc(F)cc3)[C@H](C)C1)NC2=O. The van der Waals surface area contributed by atoms with Crippen molar-refractivity contribution in [3.05, 3.63) is 30.1 Å². The van der Waals surface area contributed by atoms with Crippen LogP contribution in [0.25, 0.3) is 0 Å². The molecule has 3 saturated heterocycles. The average Bonchev–Trinajstić information content (AvgIpc) is 3.17. The normalized spacial score (nSPS) is 24.0. The summed E-state index contributed by atoms with van der Waals surface area (Å²) < 4.78 is 18.1. The minimum absolute atomic E-state index is 0.0898. The van der Waals surface area contributed by atoms with E-state index in [0.29, 0.717) is 32.0 Å². The number of amides is 3. The van der Waals surface area contributed by atoms with Crippen LogP contribution in [-0.4, -0.2) is 92.2 Å². The maximum absolute atomic E-state index is 13.3. The van der Waals surface area contributed by atoms with Crippen molar-refractivity contribution in [3.8, 4) is 0 Å². The lowest BCUT2D eigenvalue weighted by Crippen LogP contribution is -2.52. The fourth-order valence-corrected chi connectivity index (χ4v) is 5.78. The van der Waals surface area contributed by atoms with Crippen LogP contribution in [0.2, 0.25) is 0 Å². The lowest BCUT2D eigenvalue weighted by Gasteiger charge is -2.41. The highest BCUT2D eigenvalue weighted by molar-refractivity contribution is 5.86. The number of piperidine rings is 1. The summed E-state index contributed by atoms with van der Waals surface area (Å²) in [5, 5.41) is 5.68. The molecule has 0 aliphatic carbocycles. The summed E-state index contributed by atoms with van der Waals surface area (Å²) in [5.74, 6) is -0.259. The Kier molecular flexibility index (Phi) is 8.33. The van der Waals surface area contributed by atoms with Crippen LogP contribution < -0.4 is 15.5 Å². The first kappa shape index (κ1) is 26.2. The molecule has 2 N–H and O–H groups in total. The third-order valence-electron chi connectivity index (χ3n) is 7.85. The molecule has 3 heterocycles. The predicted octanol–water partition coefficient (Wildman–Crippen LogP) is 1.97. The molecule has 0 bridgehead atoms. The summed E-state index contributed by atoms with van der Waals surface area (Å²) in [6, 6.07) is 7.17. The van der Waals surface area contributed by atoms with Gasteiger partial charge >= 0.3 is 6.09 Å². The van der Waals surface area contributed by atoms with Gasteiger partial charge in [-0.15, -0.1) is 0 Å². The number of ether oxygens (including phenoxy) is 1. The smallest absolute Gasteiger partial charge is 0.407 e. The minimum Gasteiger partial charge on any atom is -0.450 e. The van der Waals surface area contributed by atoms with Crippen LogP contribution in [0.5, 0.6) is 0 Å². The zero-order valence-corrected chi connectivity index (χ0v) is 21.3.